The van der Waals surface area contributed by atoms with Crippen LogP contribution >= 0.6 is 0 Å². The summed E-state index contributed by atoms with van der Waals surface area (Å²) < 4.78 is 37.8. The van der Waals surface area contributed by atoms with E-state index in [0.29, 0.717) is 12.8 Å². The number of hydrogen-bond acceptors (Lipinski definition) is 12. The van der Waals surface area contributed by atoms with E-state index in [9.17, 15) is 35.4 Å². The molecule has 0 bridgehead atoms. The molecular formula is C38H60O13. The average Bonchev–Trinajstić information content (AvgIpc) is 3.11. The van der Waals surface area contributed by atoms with Gasteiger partial charge < -0.3 is 59.1 Å². The first-order chi connectivity index (χ1) is 24.3. The Balaban J connectivity index is 1.43. The van der Waals surface area contributed by atoms with Crippen LogP contribution in [0.1, 0.15) is 91.0 Å². The molecule has 290 valence electrons. The molecule has 6 N–H and O–H groups in total. The summed E-state index contributed by atoms with van der Waals surface area (Å²) in [5.74, 6) is -0.771. The molecule has 2 heterocycles. The van der Waals surface area contributed by atoms with Crippen LogP contribution in [0.25, 0.3) is 0 Å². The second-order valence-corrected chi connectivity index (χ2v) is 16.1. The minimum absolute atomic E-state index is 0.0842. The molecule has 13 nitrogen and oxygen atoms in total. The Bertz CT molecular complexity index is 1210. The number of aliphatic hydroxyl groups excluding tert-OH is 5. The molecule has 1 aromatic carbocycles. The molecule has 51 heavy (non-hydrogen) atoms. The lowest BCUT2D eigenvalue weighted by Gasteiger charge is -2.48. The maximum Gasteiger partial charge on any atom is 0.332 e. The van der Waals surface area contributed by atoms with Gasteiger partial charge in [0.1, 0.15) is 42.7 Å². The Kier molecular flexibility index (Phi) is 14.3. The van der Waals surface area contributed by atoms with Crippen LogP contribution in [-0.2, 0) is 39.8 Å². The standard InChI is InChI=1S/C38H60O13/c1-21-29(40)31(42)32(43)36(47-21)49-25-16-15-24(38(2,3)4)18-26(25)50-37-34(46-20-23-13-9-6-10-14-23)33(30(41)28(19-39)51-37)48-27(35(44)45)17-22-11-7-5-8-12-22/h6,9-10,13-14,21-22,24-34,36-37,39-43H,5,7-8,11-12,15-20H2,1-4H3,(H,44,45)/t21-,24+,25+,26+,27-,28+,29+,30-,31+,32-,33-,34+,36-,37+/m0/s1. The van der Waals surface area contributed by atoms with Gasteiger partial charge in [0.2, 0.25) is 0 Å². The van der Waals surface area contributed by atoms with Gasteiger partial charge in [-0.25, -0.2) is 4.79 Å². The van der Waals surface area contributed by atoms with Gasteiger partial charge in [0.05, 0.1) is 31.5 Å². The fourth-order valence-corrected chi connectivity index (χ4v) is 8.04. The maximum atomic E-state index is 12.6. The molecule has 0 spiro atoms. The predicted octanol–water partition coefficient (Wildman–Crippen LogP) is 2.90. The molecule has 0 amide bonds. The second kappa shape index (κ2) is 18.1. The Hall–Kier alpha value is -1.75. The monoisotopic (exact) mass is 724 g/mol. The number of aliphatic carboxylic acids is 1. The van der Waals surface area contributed by atoms with Gasteiger partial charge in [0.15, 0.2) is 18.7 Å². The maximum absolute atomic E-state index is 12.6. The zero-order valence-corrected chi connectivity index (χ0v) is 30.4. The lowest BCUT2D eigenvalue weighted by atomic mass is 9.71. The first kappa shape index (κ1) is 40.4. The third-order valence-corrected chi connectivity index (χ3v) is 11.3. The summed E-state index contributed by atoms with van der Waals surface area (Å²) in [5, 5.41) is 63.7. The lowest BCUT2D eigenvalue weighted by Crippen LogP contribution is -2.63. The van der Waals surface area contributed by atoms with Crippen LogP contribution < -0.4 is 0 Å². The average molecular weight is 725 g/mol. The number of rotatable bonds is 13. The molecule has 4 fully saturated rings. The Labute approximate surface area is 301 Å². The molecule has 2 saturated heterocycles. The van der Waals surface area contributed by atoms with Gasteiger partial charge in [0.25, 0.3) is 0 Å². The number of aliphatic hydroxyl groups is 5. The van der Waals surface area contributed by atoms with Crippen molar-refractivity contribution in [2.75, 3.05) is 6.61 Å². The number of carboxylic acid groups (broad SMARTS) is 1. The number of carbonyl (C=O) groups is 1. The predicted molar refractivity (Wildman–Crippen MR) is 183 cm³/mol. The van der Waals surface area contributed by atoms with Gasteiger partial charge in [-0.3, -0.25) is 0 Å². The summed E-state index contributed by atoms with van der Waals surface area (Å²) in [6.07, 6.45) is -7.87. The molecule has 2 aliphatic carbocycles. The molecular weight excluding hydrogens is 664 g/mol. The van der Waals surface area contributed by atoms with Crippen molar-refractivity contribution in [2.45, 2.75) is 172 Å². The van der Waals surface area contributed by atoms with Crippen LogP contribution in [0.4, 0.5) is 0 Å². The summed E-state index contributed by atoms with van der Waals surface area (Å²) in [7, 11) is 0. The Morgan fingerprint density at radius 1 is 0.843 bits per heavy atom. The van der Waals surface area contributed by atoms with Crippen LogP contribution in [0, 0.1) is 17.3 Å². The lowest BCUT2D eigenvalue weighted by molar-refractivity contribution is -0.352. The molecule has 2 saturated carbocycles. The van der Waals surface area contributed by atoms with Gasteiger partial charge in [-0.2, -0.15) is 0 Å². The van der Waals surface area contributed by atoms with Crippen molar-refractivity contribution >= 4 is 5.97 Å². The molecule has 0 aromatic heterocycles. The molecule has 0 unspecified atom stereocenters. The number of benzene rings is 1. The van der Waals surface area contributed by atoms with Crippen LogP contribution in [0.2, 0.25) is 0 Å². The fourth-order valence-electron chi connectivity index (χ4n) is 8.04. The molecule has 0 radical (unpaired) electrons. The summed E-state index contributed by atoms with van der Waals surface area (Å²) in [5.41, 5.74) is 0.734. The van der Waals surface area contributed by atoms with E-state index in [1.807, 2.05) is 30.3 Å². The number of ether oxygens (including phenoxy) is 6. The smallest absolute Gasteiger partial charge is 0.332 e. The summed E-state index contributed by atoms with van der Waals surface area (Å²) in [6.45, 7) is 7.53. The molecule has 2 aliphatic heterocycles. The van der Waals surface area contributed by atoms with E-state index in [2.05, 4.69) is 20.8 Å². The third kappa shape index (κ3) is 10.3. The van der Waals surface area contributed by atoms with E-state index in [0.717, 1.165) is 44.1 Å². The van der Waals surface area contributed by atoms with E-state index < -0.39 is 92.3 Å². The Morgan fingerprint density at radius 3 is 2.18 bits per heavy atom. The zero-order chi connectivity index (χ0) is 36.9. The SMILES string of the molecule is C[C@@H]1O[C@@H](O[C@@H]2CC[C@@H](C(C)(C)C)C[C@H]2O[C@@H]2O[C@H](CO)[C@H](O)[C@H](O[C@@H](CC3CCCCC3)C(=O)O)[C@H]2OCc2ccccc2)[C@@H](O)[C@H](O)[C@@H]1O. The van der Waals surface area contributed by atoms with E-state index in [1.165, 1.54) is 0 Å². The molecule has 4 aliphatic rings. The Morgan fingerprint density at radius 2 is 1.53 bits per heavy atom. The van der Waals surface area contributed by atoms with Crippen molar-refractivity contribution in [3.8, 4) is 0 Å². The second-order valence-electron chi connectivity index (χ2n) is 16.1. The van der Waals surface area contributed by atoms with Crippen molar-refractivity contribution in [3.05, 3.63) is 35.9 Å². The highest BCUT2D eigenvalue weighted by Crippen LogP contribution is 2.42. The van der Waals surface area contributed by atoms with Crippen molar-refractivity contribution in [2.24, 2.45) is 17.3 Å². The minimum atomic E-state index is -1.51. The van der Waals surface area contributed by atoms with E-state index >= 15 is 0 Å². The zero-order valence-electron chi connectivity index (χ0n) is 30.4. The summed E-state index contributed by atoms with van der Waals surface area (Å²) >= 11 is 0. The molecule has 13 heteroatoms. The van der Waals surface area contributed by atoms with E-state index in [1.54, 1.807) is 6.92 Å². The fraction of sp³-hybridized carbons (Fsp3) is 0.816. The van der Waals surface area contributed by atoms with Crippen LogP contribution in [0.15, 0.2) is 30.3 Å². The number of carboxylic acids is 1. The quantitative estimate of drug-likeness (QED) is 0.174. The first-order valence-corrected chi connectivity index (χ1v) is 18.8. The van der Waals surface area contributed by atoms with Crippen molar-refractivity contribution in [1.82, 2.24) is 0 Å². The number of hydrogen-bond donors (Lipinski definition) is 6. The third-order valence-electron chi connectivity index (χ3n) is 11.3. The van der Waals surface area contributed by atoms with Crippen molar-refractivity contribution in [1.29, 1.82) is 0 Å². The minimum Gasteiger partial charge on any atom is -0.479 e. The topological polar surface area (TPSA) is 194 Å². The first-order valence-electron chi connectivity index (χ1n) is 18.8. The van der Waals surface area contributed by atoms with Crippen LogP contribution in [0.5, 0.6) is 0 Å². The van der Waals surface area contributed by atoms with E-state index in [4.69, 9.17) is 28.4 Å². The molecule has 5 rings (SSSR count). The summed E-state index contributed by atoms with van der Waals surface area (Å²) in [4.78, 5) is 12.6. The highest BCUT2D eigenvalue weighted by Gasteiger charge is 2.52. The van der Waals surface area contributed by atoms with Gasteiger partial charge >= 0.3 is 5.97 Å². The largest absolute Gasteiger partial charge is 0.479 e. The van der Waals surface area contributed by atoms with Gasteiger partial charge in [-0.05, 0) is 55.4 Å². The van der Waals surface area contributed by atoms with Crippen LogP contribution in [0.3, 0.4) is 0 Å². The van der Waals surface area contributed by atoms with Crippen molar-refractivity contribution in [3.63, 3.8) is 0 Å². The van der Waals surface area contributed by atoms with Gasteiger partial charge in [-0.15, -0.1) is 0 Å². The van der Waals surface area contributed by atoms with Crippen molar-refractivity contribution < 1.29 is 63.9 Å². The molecule has 1 aromatic rings. The highest BCUT2D eigenvalue weighted by atomic mass is 16.7. The highest BCUT2D eigenvalue weighted by molar-refractivity contribution is 5.72. The van der Waals surface area contributed by atoms with Gasteiger partial charge in [0, 0.05) is 0 Å². The normalized spacial score (nSPS) is 39.0. The summed E-state index contributed by atoms with van der Waals surface area (Å²) in [6, 6.07) is 9.38. The van der Waals surface area contributed by atoms with Crippen LogP contribution in [-0.4, -0.2) is 123 Å². The van der Waals surface area contributed by atoms with E-state index in [-0.39, 0.29) is 30.3 Å². The molecule has 14 atom stereocenters. The van der Waals surface area contributed by atoms with Gasteiger partial charge in [-0.1, -0.05) is 83.2 Å².